The molecular weight excluding hydrogens is 423 g/mol. The summed E-state index contributed by atoms with van der Waals surface area (Å²) in [5.74, 6) is -1.78. The maximum Gasteiger partial charge on any atom is 0.471 e. The van der Waals surface area contributed by atoms with Crippen molar-refractivity contribution in [3.63, 3.8) is 0 Å². The van der Waals surface area contributed by atoms with E-state index >= 15 is 0 Å². The van der Waals surface area contributed by atoms with Gasteiger partial charge in [-0.2, -0.15) is 18.2 Å². The topological polar surface area (TPSA) is 68.5 Å². The summed E-state index contributed by atoms with van der Waals surface area (Å²) in [6.45, 7) is 2.07. The van der Waals surface area contributed by atoms with Gasteiger partial charge in [-0.15, -0.1) is 0 Å². The van der Waals surface area contributed by atoms with Crippen LogP contribution in [0.5, 0.6) is 0 Å². The first-order valence-electron chi connectivity index (χ1n) is 8.94. The van der Waals surface area contributed by atoms with Gasteiger partial charge < -0.3 is 4.52 Å². The predicted octanol–water partition coefficient (Wildman–Crippen LogP) is 5.28. The maximum absolute atomic E-state index is 12.6. The van der Waals surface area contributed by atoms with Crippen LogP contribution in [-0.4, -0.2) is 21.1 Å². The van der Waals surface area contributed by atoms with E-state index in [2.05, 4.69) is 14.7 Å². The molecule has 0 saturated carbocycles. The lowest BCUT2D eigenvalue weighted by Gasteiger charge is -2.21. The number of aromatic nitrogens is 2. The molecule has 0 radical (unpaired) electrons. The SMILES string of the molecule is CCC(=O)N(Cc1ccc(-c2noc(C(F)(F)F)n2)cc1)OCc1ccc(Cl)cc1. The molecule has 0 bridgehead atoms. The summed E-state index contributed by atoms with van der Waals surface area (Å²) in [6, 6.07) is 13.5. The highest BCUT2D eigenvalue weighted by Gasteiger charge is 2.38. The highest BCUT2D eigenvalue weighted by Crippen LogP contribution is 2.29. The molecule has 6 nitrogen and oxygen atoms in total. The van der Waals surface area contributed by atoms with Gasteiger partial charge in [-0.3, -0.25) is 9.63 Å². The second kappa shape index (κ2) is 9.27. The van der Waals surface area contributed by atoms with E-state index in [9.17, 15) is 18.0 Å². The minimum Gasteiger partial charge on any atom is -0.329 e. The van der Waals surface area contributed by atoms with Gasteiger partial charge in [0, 0.05) is 17.0 Å². The van der Waals surface area contributed by atoms with Gasteiger partial charge in [0.25, 0.3) is 0 Å². The van der Waals surface area contributed by atoms with Crippen molar-refractivity contribution in [3.8, 4) is 11.4 Å². The lowest BCUT2D eigenvalue weighted by molar-refractivity contribution is -0.195. The second-order valence-corrected chi connectivity index (χ2v) is 6.74. The van der Waals surface area contributed by atoms with Crippen LogP contribution in [0.1, 0.15) is 30.4 Å². The van der Waals surface area contributed by atoms with Gasteiger partial charge in [-0.05, 0) is 23.3 Å². The molecule has 1 heterocycles. The molecule has 0 aliphatic heterocycles. The molecular formula is C20H17ClF3N3O3. The normalized spacial score (nSPS) is 11.5. The Morgan fingerprint density at radius 1 is 1.10 bits per heavy atom. The molecule has 0 saturated heterocycles. The van der Waals surface area contributed by atoms with Crippen LogP contribution in [0.4, 0.5) is 13.2 Å². The minimum atomic E-state index is -4.70. The van der Waals surface area contributed by atoms with Crippen molar-refractivity contribution in [3.05, 3.63) is 70.6 Å². The van der Waals surface area contributed by atoms with Crippen molar-refractivity contribution in [2.45, 2.75) is 32.7 Å². The summed E-state index contributed by atoms with van der Waals surface area (Å²) in [7, 11) is 0. The van der Waals surface area contributed by atoms with Gasteiger partial charge in [0.15, 0.2) is 0 Å². The molecule has 1 amide bonds. The molecule has 0 aliphatic carbocycles. The van der Waals surface area contributed by atoms with Gasteiger partial charge in [0.2, 0.25) is 11.7 Å². The van der Waals surface area contributed by atoms with E-state index < -0.39 is 12.1 Å². The number of halogens is 4. The number of hydrogen-bond acceptors (Lipinski definition) is 5. The van der Waals surface area contributed by atoms with Gasteiger partial charge in [-0.1, -0.05) is 60.1 Å². The molecule has 0 N–H and O–H groups in total. The smallest absolute Gasteiger partial charge is 0.329 e. The Balaban J connectivity index is 1.68. The molecule has 0 atom stereocenters. The maximum atomic E-state index is 12.6. The second-order valence-electron chi connectivity index (χ2n) is 6.30. The van der Waals surface area contributed by atoms with Crippen molar-refractivity contribution in [2.24, 2.45) is 0 Å². The monoisotopic (exact) mass is 439 g/mol. The van der Waals surface area contributed by atoms with E-state index in [0.717, 1.165) is 11.1 Å². The van der Waals surface area contributed by atoms with Crippen LogP contribution in [0.3, 0.4) is 0 Å². The van der Waals surface area contributed by atoms with E-state index in [1.807, 2.05) is 0 Å². The number of nitrogens with zero attached hydrogens (tertiary/aromatic N) is 3. The van der Waals surface area contributed by atoms with Gasteiger partial charge in [-0.25, -0.2) is 5.06 Å². The summed E-state index contributed by atoms with van der Waals surface area (Å²) in [5.41, 5.74) is 1.92. The zero-order chi connectivity index (χ0) is 21.7. The van der Waals surface area contributed by atoms with Crippen molar-refractivity contribution in [2.75, 3.05) is 0 Å². The van der Waals surface area contributed by atoms with Crippen LogP contribution in [0.25, 0.3) is 11.4 Å². The Bertz CT molecular complexity index is 989. The average molecular weight is 440 g/mol. The standard InChI is InChI=1S/C20H17ClF3N3O3/c1-2-17(28)27(29-12-14-5-9-16(21)10-6-14)11-13-3-7-15(8-4-13)18-25-19(30-26-18)20(22,23)24/h3-10H,2,11-12H2,1H3. The van der Waals surface area contributed by atoms with Crippen molar-refractivity contribution in [1.29, 1.82) is 0 Å². The quantitative estimate of drug-likeness (QED) is 0.468. The van der Waals surface area contributed by atoms with Crippen molar-refractivity contribution in [1.82, 2.24) is 15.2 Å². The number of carbonyl (C=O) groups excluding carboxylic acids is 1. The van der Waals surface area contributed by atoms with Crippen molar-refractivity contribution < 1.29 is 27.3 Å². The minimum absolute atomic E-state index is 0.167. The third kappa shape index (κ3) is 5.58. The zero-order valence-corrected chi connectivity index (χ0v) is 16.6. The molecule has 0 fully saturated rings. The Morgan fingerprint density at radius 3 is 2.30 bits per heavy atom. The number of rotatable bonds is 7. The molecule has 1 aromatic heterocycles. The van der Waals surface area contributed by atoms with E-state index in [0.29, 0.717) is 10.6 Å². The third-order valence-corrected chi connectivity index (χ3v) is 4.34. The van der Waals surface area contributed by atoms with Crippen LogP contribution in [0.15, 0.2) is 53.1 Å². The van der Waals surface area contributed by atoms with E-state index in [4.69, 9.17) is 16.4 Å². The first-order chi connectivity index (χ1) is 14.3. The molecule has 3 rings (SSSR count). The summed E-state index contributed by atoms with van der Waals surface area (Å²) in [5, 5.41) is 5.20. The summed E-state index contributed by atoms with van der Waals surface area (Å²) >= 11 is 5.86. The van der Waals surface area contributed by atoms with Crippen LogP contribution in [0, 0.1) is 0 Å². The van der Waals surface area contributed by atoms with E-state index in [-0.39, 0.29) is 31.3 Å². The molecule has 158 valence electrons. The number of hydrogen-bond donors (Lipinski definition) is 0. The molecule has 0 unspecified atom stereocenters. The average Bonchev–Trinajstić information content (AvgIpc) is 3.23. The van der Waals surface area contributed by atoms with Crippen LogP contribution in [0.2, 0.25) is 5.02 Å². The third-order valence-electron chi connectivity index (χ3n) is 4.09. The van der Waals surface area contributed by atoms with Crippen LogP contribution < -0.4 is 0 Å². The molecule has 3 aromatic rings. The Hall–Kier alpha value is -2.91. The number of alkyl halides is 3. The number of benzene rings is 2. The summed E-state index contributed by atoms with van der Waals surface area (Å²) < 4.78 is 42.0. The highest BCUT2D eigenvalue weighted by molar-refractivity contribution is 6.30. The fraction of sp³-hybridized carbons (Fsp3) is 0.250. The van der Waals surface area contributed by atoms with Gasteiger partial charge in [0.05, 0.1) is 6.54 Å². The molecule has 0 aliphatic rings. The largest absolute Gasteiger partial charge is 0.471 e. The number of amides is 1. The molecule has 10 heteroatoms. The summed E-state index contributed by atoms with van der Waals surface area (Å²) in [6.07, 6.45) is -4.45. The fourth-order valence-electron chi connectivity index (χ4n) is 2.50. The predicted molar refractivity (Wildman–Crippen MR) is 102 cm³/mol. The highest BCUT2D eigenvalue weighted by atomic mass is 35.5. The van der Waals surface area contributed by atoms with E-state index in [1.165, 1.54) is 5.06 Å². The zero-order valence-electron chi connectivity index (χ0n) is 15.8. The lowest BCUT2D eigenvalue weighted by Crippen LogP contribution is -2.30. The lowest BCUT2D eigenvalue weighted by atomic mass is 10.1. The Labute approximate surface area is 175 Å². The van der Waals surface area contributed by atoms with Gasteiger partial charge >= 0.3 is 12.1 Å². The fourth-order valence-corrected chi connectivity index (χ4v) is 2.62. The molecule has 0 spiro atoms. The Kier molecular flexibility index (Phi) is 6.73. The molecule has 30 heavy (non-hydrogen) atoms. The van der Waals surface area contributed by atoms with Crippen molar-refractivity contribution >= 4 is 17.5 Å². The summed E-state index contributed by atoms with van der Waals surface area (Å²) in [4.78, 5) is 21.2. The Morgan fingerprint density at radius 2 is 1.73 bits per heavy atom. The van der Waals surface area contributed by atoms with Crippen LogP contribution in [-0.2, 0) is 29.0 Å². The first kappa shape index (κ1) is 21.8. The van der Waals surface area contributed by atoms with Crippen LogP contribution >= 0.6 is 11.6 Å². The van der Waals surface area contributed by atoms with E-state index in [1.54, 1.807) is 55.5 Å². The number of hydroxylamine groups is 2. The molecule has 2 aromatic carbocycles. The van der Waals surface area contributed by atoms with Gasteiger partial charge in [0.1, 0.15) is 6.61 Å². The number of carbonyl (C=O) groups is 1. The first-order valence-corrected chi connectivity index (χ1v) is 9.32.